The average molecular weight is 635 g/mol. The Morgan fingerprint density at radius 3 is 1.24 bits per heavy atom. The van der Waals surface area contributed by atoms with E-state index < -0.39 is 10.1 Å². The highest BCUT2D eigenvalue weighted by Crippen LogP contribution is 2.41. The Balaban J connectivity index is 2.27. The summed E-state index contributed by atoms with van der Waals surface area (Å²) in [5.41, 5.74) is 10.0. The first-order valence-corrected chi connectivity index (χ1v) is 18.7. The summed E-state index contributed by atoms with van der Waals surface area (Å²) in [6, 6.07) is 15.9. The first kappa shape index (κ1) is 36.6. The first-order valence-electron chi connectivity index (χ1n) is 17.3. The lowest BCUT2D eigenvalue weighted by Gasteiger charge is -2.31. The summed E-state index contributed by atoms with van der Waals surface area (Å²) in [5.74, 6) is -0.361. The van der Waals surface area contributed by atoms with Gasteiger partial charge < -0.3 is 9.80 Å². The monoisotopic (exact) mass is 634 g/mol. The van der Waals surface area contributed by atoms with Crippen molar-refractivity contribution >= 4 is 21.5 Å². The van der Waals surface area contributed by atoms with Gasteiger partial charge in [0, 0.05) is 43.5 Å². The highest BCUT2D eigenvalue weighted by molar-refractivity contribution is 7.85. The summed E-state index contributed by atoms with van der Waals surface area (Å²) in [5, 5.41) is 0. The summed E-state index contributed by atoms with van der Waals surface area (Å²) in [7, 11) is -4.44. The molecule has 3 rings (SSSR count). The third kappa shape index (κ3) is 9.36. The molecule has 0 spiro atoms. The summed E-state index contributed by atoms with van der Waals surface area (Å²) in [6.45, 7) is 21.8. The van der Waals surface area contributed by atoms with Crippen molar-refractivity contribution in [3.63, 3.8) is 0 Å². The molecule has 0 bridgehead atoms. The minimum absolute atomic E-state index is 0.0335. The summed E-state index contributed by atoms with van der Waals surface area (Å²) < 4.78 is 35.8. The van der Waals surface area contributed by atoms with Crippen LogP contribution >= 0.6 is 0 Å². The van der Waals surface area contributed by atoms with E-state index in [-0.39, 0.29) is 10.8 Å². The largest absolute Gasteiger partial charge is 0.371 e. The molecule has 0 fully saturated rings. The standard InChI is InChI=1S/C39H58N2O3S/c1-9-13-21-40(22-14-10-2)38-29(5)25-33(26-30(38)6)37(35-19-17-18-20-36(35)45(42,43)44)34-27-31(7)39(32(8)28-34)41(23-15-11-3)24-16-12-4/h17-20,25-28,37H,9-16,21-24H2,1-8H3,(H,42,43,44). The molecule has 1 N–H and O–H groups in total. The Morgan fingerprint density at radius 2 is 0.933 bits per heavy atom. The molecule has 0 heterocycles. The zero-order chi connectivity index (χ0) is 33.1. The predicted octanol–water partition coefficient (Wildman–Crippen LogP) is 10.2. The van der Waals surface area contributed by atoms with Crippen LogP contribution in [0, 0.1) is 27.7 Å². The van der Waals surface area contributed by atoms with Gasteiger partial charge in [-0.15, -0.1) is 0 Å². The molecule has 248 valence electrons. The minimum Gasteiger partial charge on any atom is -0.371 e. The highest BCUT2D eigenvalue weighted by atomic mass is 32.2. The van der Waals surface area contributed by atoms with E-state index in [4.69, 9.17) is 0 Å². The Bertz CT molecular complexity index is 1360. The van der Waals surface area contributed by atoms with Crippen LogP contribution in [-0.2, 0) is 10.1 Å². The van der Waals surface area contributed by atoms with Crippen molar-refractivity contribution in [3.8, 4) is 0 Å². The van der Waals surface area contributed by atoms with E-state index in [9.17, 15) is 13.0 Å². The molecule has 0 atom stereocenters. The third-order valence-corrected chi connectivity index (χ3v) is 9.89. The molecule has 0 amide bonds. The van der Waals surface area contributed by atoms with Crippen LogP contribution in [0.4, 0.5) is 11.4 Å². The second kappa shape index (κ2) is 17.2. The second-order valence-electron chi connectivity index (χ2n) is 12.8. The number of rotatable bonds is 18. The molecule has 0 aliphatic carbocycles. The van der Waals surface area contributed by atoms with Crippen molar-refractivity contribution in [2.45, 2.75) is 118 Å². The van der Waals surface area contributed by atoms with Gasteiger partial charge in [-0.25, -0.2) is 0 Å². The highest BCUT2D eigenvalue weighted by Gasteiger charge is 2.27. The number of unbranched alkanes of at least 4 members (excludes halogenated alkanes) is 4. The number of benzene rings is 3. The molecule has 0 aliphatic heterocycles. The summed E-state index contributed by atoms with van der Waals surface area (Å²) >= 11 is 0. The Morgan fingerprint density at radius 1 is 0.600 bits per heavy atom. The molecule has 3 aromatic rings. The van der Waals surface area contributed by atoms with Gasteiger partial charge >= 0.3 is 0 Å². The van der Waals surface area contributed by atoms with Gasteiger partial charge in [-0.2, -0.15) is 8.42 Å². The van der Waals surface area contributed by atoms with Gasteiger partial charge in [-0.1, -0.05) is 95.8 Å². The van der Waals surface area contributed by atoms with Crippen LogP contribution in [0.15, 0.2) is 53.4 Å². The molecule has 0 radical (unpaired) electrons. The molecule has 0 saturated carbocycles. The zero-order valence-electron chi connectivity index (χ0n) is 29.2. The Labute approximate surface area is 274 Å². The minimum atomic E-state index is -4.44. The fraction of sp³-hybridized carbons (Fsp3) is 0.538. The van der Waals surface area contributed by atoms with Crippen molar-refractivity contribution in [1.82, 2.24) is 0 Å². The quantitative estimate of drug-likeness (QED) is 0.111. The molecule has 0 saturated heterocycles. The molecule has 3 aromatic carbocycles. The van der Waals surface area contributed by atoms with Crippen LogP contribution in [0.1, 0.15) is 124 Å². The molecule has 5 nitrogen and oxygen atoms in total. The molecule has 6 heteroatoms. The van der Waals surface area contributed by atoms with E-state index in [0.29, 0.717) is 5.56 Å². The maximum absolute atomic E-state index is 12.7. The normalized spacial score (nSPS) is 11.8. The van der Waals surface area contributed by atoms with Crippen molar-refractivity contribution in [3.05, 3.63) is 87.5 Å². The second-order valence-corrected chi connectivity index (χ2v) is 14.2. The van der Waals surface area contributed by atoms with Crippen LogP contribution < -0.4 is 9.80 Å². The molecule has 0 unspecified atom stereocenters. The van der Waals surface area contributed by atoms with E-state index in [1.54, 1.807) is 6.07 Å². The van der Waals surface area contributed by atoms with Gasteiger partial charge in [-0.05, 0) is 98.4 Å². The maximum atomic E-state index is 12.7. The molecular weight excluding hydrogens is 577 g/mol. The van der Waals surface area contributed by atoms with Crippen LogP contribution in [-0.4, -0.2) is 39.1 Å². The topological polar surface area (TPSA) is 60.9 Å². The molecular formula is C39H58N2O3S. The van der Waals surface area contributed by atoms with Gasteiger partial charge in [0.25, 0.3) is 10.1 Å². The fourth-order valence-electron chi connectivity index (χ4n) is 6.88. The van der Waals surface area contributed by atoms with Gasteiger partial charge in [-0.3, -0.25) is 4.55 Å². The van der Waals surface area contributed by atoms with Gasteiger partial charge in [0.1, 0.15) is 0 Å². The Hall–Kier alpha value is -2.83. The van der Waals surface area contributed by atoms with Crippen LogP contribution in [0.3, 0.4) is 0 Å². The third-order valence-electron chi connectivity index (χ3n) is 8.96. The summed E-state index contributed by atoms with van der Waals surface area (Å²) in [4.78, 5) is 5.04. The fourth-order valence-corrected chi connectivity index (χ4v) is 7.62. The van der Waals surface area contributed by atoms with Crippen LogP contribution in [0.5, 0.6) is 0 Å². The van der Waals surface area contributed by atoms with Crippen molar-refractivity contribution in [2.75, 3.05) is 36.0 Å². The van der Waals surface area contributed by atoms with E-state index in [0.717, 1.165) is 88.7 Å². The average Bonchev–Trinajstić information content (AvgIpc) is 2.98. The first-order chi connectivity index (χ1) is 21.5. The lowest BCUT2D eigenvalue weighted by atomic mass is 9.82. The van der Waals surface area contributed by atoms with Crippen LogP contribution in [0.2, 0.25) is 0 Å². The van der Waals surface area contributed by atoms with Gasteiger partial charge in [0.2, 0.25) is 0 Å². The van der Waals surface area contributed by atoms with Crippen molar-refractivity contribution in [2.24, 2.45) is 0 Å². The Kier molecular flexibility index (Phi) is 14.0. The van der Waals surface area contributed by atoms with Crippen molar-refractivity contribution < 1.29 is 13.0 Å². The van der Waals surface area contributed by atoms with E-state index in [2.05, 4.69) is 89.5 Å². The van der Waals surface area contributed by atoms with Gasteiger partial charge in [0.15, 0.2) is 0 Å². The van der Waals surface area contributed by atoms with Gasteiger partial charge in [0.05, 0.1) is 4.90 Å². The van der Waals surface area contributed by atoms with E-state index in [1.165, 1.54) is 39.7 Å². The van der Waals surface area contributed by atoms with Crippen molar-refractivity contribution in [1.29, 1.82) is 0 Å². The lowest BCUT2D eigenvalue weighted by molar-refractivity contribution is 0.482. The van der Waals surface area contributed by atoms with E-state index >= 15 is 0 Å². The van der Waals surface area contributed by atoms with Crippen LogP contribution in [0.25, 0.3) is 0 Å². The molecule has 0 aliphatic rings. The number of hydrogen-bond donors (Lipinski definition) is 1. The van der Waals surface area contributed by atoms with E-state index in [1.807, 2.05) is 12.1 Å². The number of nitrogens with zero attached hydrogens (tertiary/aromatic N) is 2. The zero-order valence-corrected chi connectivity index (χ0v) is 30.1. The molecule has 0 aromatic heterocycles. The number of anilines is 2. The lowest BCUT2D eigenvalue weighted by Crippen LogP contribution is -2.27. The summed E-state index contributed by atoms with van der Waals surface area (Å²) in [6.07, 6.45) is 9.18. The molecule has 45 heavy (non-hydrogen) atoms. The smallest absolute Gasteiger partial charge is 0.294 e. The predicted molar refractivity (Wildman–Crippen MR) is 193 cm³/mol. The number of aryl methyl sites for hydroxylation is 4. The SMILES string of the molecule is CCCCN(CCCC)c1c(C)cc(C(c2cc(C)c(N(CCCC)CCCC)c(C)c2)c2ccccc2S(=O)(=O)O)cc1C. The maximum Gasteiger partial charge on any atom is 0.294 e. The number of hydrogen-bond acceptors (Lipinski definition) is 4.